The summed E-state index contributed by atoms with van der Waals surface area (Å²) >= 11 is 0. The molecule has 0 aliphatic heterocycles. The lowest BCUT2D eigenvalue weighted by Gasteiger charge is -2.13. The average molecular weight is 264 g/mol. The van der Waals surface area contributed by atoms with Crippen molar-refractivity contribution >= 4 is 5.91 Å². The van der Waals surface area contributed by atoms with Gasteiger partial charge in [0.05, 0.1) is 12.6 Å². The molecule has 1 aromatic rings. The fraction of sp³-hybridized carbons (Fsp3) is 0.533. The summed E-state index contributed by atoms with van der Waals surface area (Å²) in [6.07, 6.45) is 1.70. The van der Waals surface area contributed by atoms with Gasteiger partial charge in [-0.2, -0.15) is 0 Å². The molecule has 1 amide bonds. The van der Waals surface area contributed by atoms with Crippen molar-refractivity contribution in [3.05, 3.63) is 29.8 Å². The maximum Gasteiger partial charge on any atom is 0.234 e. The van der Waals surface area contributed by atoms with E-state index in [1.807, 2.05) is 12.1 Å². The molecule has 3 N–H and O–H groups in total. The Morgan fingerprint density at radius 2 is 2.00 bits per heavy atom. The molecule has 0 bridgehead atoms. The first-order valence-corrected chi connectivity index (χ1v) is 6.77. The fourth-order valence-electron chi connectivity index (χ4n) is 1.85. The molecular formula is C15H24N2O2. The Labute approximate surface area is 115 Å². The van der Waals surface area contributed by atoms with Gasteiger partial charge in [0.1, 0.15) is 5.75 Å². The van der Waals surface area contributed by atoms with E-state index in [0.717, 1.165) is 12.2 Å². The molecule has 0 heterocycles. The summed E-state index contributed by atoms with van der Waals surface area (Å²) in [5, 5.41) is 2.86. The highest BCUT2D eigenvalue weighted by Gasteiger charge is 2.12. The van der Waals surface area contributed by atoms with Crippen LogP contribution in [0.1, 0.15) is 38.2 Å². The SMILES string of the molecule is CCC(C)c1ccc(OCCC(NC)C(N)=O)cc1. The minimum atomic E-state index is -0.349. The molecule has 1 rings (SSSR count). The van der Waals surface area contributed by atoms with Gasteiger partial charge in [-0.25, -0.2) is 0 Å². The average Bonchev–Trinajstić information content (AvgIpc) is 2.43. The zero-order valence-corrected chi connectivity index (χ0v) is 12.0. The van der Waals surface area contributed by atoms with Gasteiger partial charge in [0.15, 0.2) is 0 Å². The Morgan fingerprint density at radius 1 is 1.37 bits per heavy atom. The summed E-state index contributed by atoms with van der Waals surface area (Å²) in [4.78, 5) is 11.0. The van der Waals surface area contributed by atoms with Crippen molar-refractivity contribution < 1.29 is 9.53 Å². The molecule has 4 nitrogen and oxygen atoms in total. The van der Waals surface area contributed by atoms with E-state index in [2.05, 4.69) is 31.3 Å². The molecule has 2 atom stereocenters. The van der Waals surface area contributed by atoms with E-state index in [0.29, 0.717) is 18.9 Å². The number of nitrogens with one attached hydrogen (secondary N) is 1. The molecule has 0 radical (unpaired) electrons. The summed E-state index contributed by atoms with van der Waals surface area (Å²) < 4.78 is 5.61. The van der Waals surface area contributed by atoms with Gasteiger partial charge in [0, 0.05) is 6.42 Å². The van der Waals surface area contributed by atoms with E-state index >= 15 is 0 Å². The van der Waals surface area contributed by atoms with Crippen LogP contribution in [0.2, 0.25) is 0 Å². The molecule has 19 heavy (non-hydrogen) atoms. The summed E-state index contributed by atoms with van der Waals surface area (Å²) in [6, 6.07) is 7.79. The number of carbonyl (C=O) groups is 1. The van der Waals surface area contributed by atoms with Gasteiger partial charge in [0.25, 0.3) is 0 Å². The van der Waals surface area contributed by atoms with E-state index in [1.54, 1.807) is 7.05 Å². The number of rotatable bonds is 8. The first-order valence-electron chi connectivity index (χ1n) is 6.77. The summed E-state index contributed by atoms with van der Waals surface area (Å²) in [5.74, 6) is 1.04. The highest BCUT2D eigenvalue weighted by molar-refractivity contribution is 5.79. The first-order chi connectivity index (χ1) is 9.08. The van der Waals surface area contributed by atoms with Crippen LogP contribution < -0.4 is 15.8 Å². The van der Waals surface area contributed by atoms with Crippen LogP contribution in [0.25, 0.3) is 0 Å². The number of ether oxygens (including phenoxy) is 1. The van der Waals surface area contributed by atoms with Crippen LogP contribution in [0, 0.1) is 0 Å². The van der Waals surface area contributed by atoms with Gasteiger partial charge in [-0.1, -0.05) is 26.0 Å². The molecule has 0 saturated carbocycles. The lowest BCUT2D eigenvalue weighted by Crippen LogP contribution is -2.40. The van der Waals surface area contributed by atoms with E-state index in [9.17, 15) is 4.79 Å². The van der Waals surface area contributed by atoms with Gasteiger partial charge in [-0.15, -0.1) is 0 Å². The van der Waals surface area contributed by atoms with Crippen LogP contribution in [-0.2, 0) is 4.79 Å². The molecule has 0 aliphatic rings. The largest absolute Gasteiger partial charge is 0.494 e. The highest BCUT2D eigenvalue weighted by Crippen LogP contribution is 2.21. The summed E-state index contributed by atoms with van der Waals surface area (Å²) in [6.45, 7) is 4.86. The number of likely N-dealkylation sites (N-methyl/N-ethyl adjacent to an activating group) is 1. The van der Waals surface area contributed by atoms with Crippen molar-refractivity contribution in [3.8, 4) is 5.75 Å². The summed E-state index contributed by atoms with van der Waals surface area (Å²) in [5.41, 5.74) is 6.56. The zero-order valence-electron chi connectivity index (χ0n) is 12.0. The maximum absolute atomic E-state index is 11.0. The Kier molecular flexibility index (Phi) is 6.36. The standard InChI is InChI=1S/C15H24N2O2/c1-4-11(2)12-5-7-13(8-6-12)19-10-9-14(17-3)15(16)18/h5-8,11,14,17H,4,9-10H2,1-3H3,(H2,16,18). The third-order valence-corrected chi connectivity index (χ3v) is 3.43. The van der Waals surface area contributed by atoms with E-state index in [1.165, 1.54) is 5.56 Å². The van der Waals surface area contributed by atoms with Crippen LogP contribution in [0.15, 0.2) is 24.3 Å². The van der Waals surface area contributed by atoms with Crippen LogP contribution >= 0.6 is 0 Å². The zero-order chi connectivity index (χ0) is 14.3. The number of hydrogen-bond acceptors (Lipinski definition) is 3. The molecule has 0 saturated heterocycles. The van der Waals surface area contributed by atoms with Crippen molar-refractivity contribution in [2.75, 3.05) is 13.7 Å². The molecule has 4 heteroatoms. The third kappa shape index (κ3) is 4.91. The molecule has 2 unspecified atom stereocenters. The second kappa shape index (κ2) is 7.79. The lowest BCUT2D eigenvalue weighted by molar-refractivity contribution is -0.120. The van der Waals surface area contributed by atoms with Crippen LogP contribution in [0.3, 0.4) is 0 Å². The Bertz CT molecular complexity index is 390. The number of amides is 1. The third-order valence-electron chi connectivity index (χ3n) is 3.43. The predicted octanol–water partition coefficient (Wildman–Crippen LogP) is 2.04. The van der Waals surface area contributed by atoms with E-state index < -0.39 is 0 Å². The Balaban J connectivity index is 2.44. The lowest BCUT2D eigenvalue weighted by atomic mass is 9.99. The number of hydrogen-bond donors (Lipinski definition) is 2. The number of primary amides is 1. The van der Waals surface area contributed by atoms with Gasteiger partial charge >= 0.3 is 0 Å². The van der Waals surface area contributed by atoms with Crippen molar-refractivity contribution in [1.82, 2.24) is 5.32 Å². The first kappa shape index (κ1) is 15.5. The molecule has 0 spiro atoms. The minimum absolute atomic E-state index is 0.334. The predicted molar refractivity (Wildman–Crippen MR) is 77.3 cm³/mol. The fourth-order valence-corrected chi connectivity index (χ4v) is 1.85. The molecular weight excluding hydrogens is 240 g/mol. The number of nitrogens with two attached hydrogens (primary N) is 1. The minimum Gasteiger partial charge on any atom is -0.494 e. The monoisotopic (exact) mass is 264 g/mol. The smallest absolute Gasteiger partial charge is 0.234 e. The highest BCUT2D eigenvalue weighted by atomic mass is 16.5. The van der Waals surface area contributed by atoms with Crippen molar-refractivity contribution in [2.45, 2.75) is 38.6 Å². The second-order valence-electron chi connectivity index (χ2n) is 4.76. The Hall–Kier alpha value is -1.55. The number of benzene rings is 1. The van der Waals surface area contributed by atoms with Crippen LogP contribution in [0.5, 0.6) is 5.75 Å². The van der Waals surface area contributed by atoms with Crippen molar-refractivity contribution in [1.29, 1.82) is 0 Å². The van der Waals surface area contributed by atoms with Gasteiger partial charge in [-0.3, -0.25) is 4.79 Å². The summed E-state index contributed by atoms with van der Waals surface area (Å²) in [7, 11) is 1.72. The second-order valence-corrected chi connectivity index (χ2v) is 4.76. The molecule has 0 fully saturated rings. The molecule has 1 aromatic carbocycles. The van der Waals surface area contributed by atoms with Crippen molar-refractivity contribution in [3.63, 3.8) is 0 Å². The quantitative estimate of drug-likeness (QED) is 0.755. The normalized spacial score (nSPS) is 13.8. The van der Waals surface area contributed by atoms with Crippen LogP contribution in [-0.4, -0.2) is 25.6 Å². The topological polar surface area (TPSA) is 64.3 Å². The maximum atomic E-state index is 11.0. The Morgan fingerprint density at radius 3 is 2.47 bits per heavy atom. The number of carbonyl (C=O) groups excluding carboxylic acids is 1. The molecule has 106 valence electrons. The van der Waals surface area contributed by atoms with Crippen molar-refractivity contribution in [2.24, 2.45) is 5.73 Å². The van der Waals surface area contributed by atoms with Gasteiger partial charge in [-0.05, 0) is 37.1 Å². The van der Waals surface area contributed by atoms with Gasteiger partial charge < -0.3 is 15.8 Å². The molecule has 0 aliphatic carbocycles. The molecule has 0 aromatic heterocycles. The van der Waals surface area contributed by atoms with Crippen LogP contribution in [0.4, 0.5) is 0 Å². The van der Waals surface area contributed by atoms with Gasteiger partial charge in [0.2, 0.25) is 5.91 Å². The van der Waals surface area contributed by atoms with E-state index in [-0.39, 0.29) is 11.9 Å². The van der Waals surface area contributed by atoms with E-state index in [4.69, 9.17) is 10.5 Å².